The monoisotopic (exact) mass is 272 g/mol. The van der Waals surface area contributed by atoms with Crippen molar-refractivity contribution in [2.75, 3.05) is 5.32 Å². The van der Waals surface area contributed by atoms with Gasteiger partial charge in [0.05, 0.1) is 11.6 Å². The van der Waals surface area contributed by atoms with Crippen LogP contribution in [0.4, 0.5) is 14.5 Å². The molecule has 1 N–H and O–H groups in total. The van der Waals surface area contributed by atoms with E-state index in [1.807, 2.05) is 31.2 Å². The van der Waals surface area contributed by atoms with Gasteiger partial charge in [-0.05, 0) is 36.2 Å². The van der Waals surface area contributed by atoms with E-state index in [1.54, 1.807) is 12.1 Å². The molecule has 0 aromatic heterocycles. The highest BCUT2D eigenvalue weighted by Gasteiger charge is 2.13. The van der Waals surface area contributed by atoms with E-state index >= 15 is 0 Å². The number of rotatable bonds is 4. The Balaban J connectivity index is 2.17. The summed E-state index contributed by atoms with van der Waals surface area (Å²) in [5, 5.41) is 11.9. The van der Waals surface area contributed by atoms with Crippen molar-refractivity contribution in [3.8, 4) is 6.07 Å². The molecule has 0 spiro atoms. The highest BCUT2D eigenvalue weighted by molar-refractivity contribution is 5.53. The first kappa shape index (κ1) is 14.0. The molecule has 0 radical (unpaired) electrons. The van der Waals surface area contributed by atoms with Crippen molar-refractivity contribution in [2.45, 2.75) is 19.9 Å². The standard InChI is InChI=1S/C16H14F2N2/c1-11-4-2-3-5-13(11)10-20-14-7-6-12(9-19)15(8-14)16(17)18/h2-8,16,20H,10H2,1H3. The third-order valence-corrected chi connectivity index (χ3v) is 3.15. The molecule has 2 aromatic carbocycles. The molecular weight excluding hydrogens is 258 g/mol. The summed E-state index contributed by atoms with van der Waals surface area (Å²) >= 11 is 0. The molecule has 0 aliphatic rings. The molecule has 4 heteroatoms. The molecule has 0 fully saturated rings. The maximum absolute atomic E-state index is 12.8. The van der Waals surface area contributed by atoms with E-state index in [-0.39, 0.29) is 11.1 Å². The van der Waals surface area contributed by atoms with Crippen molar-refractivity contribution in [3.63, 3.8) is 0 Å². The Hall–Kier alpha value is -2.41. The number of hydrogen-bond donors (Lipinski definition) is 1. The maximum atomic E-state index is 12.8. The number of nitrogens with zero attached hydrogens (tertiary/aromatic N) is 1. The second-order valence-electron chi connectivity index (χ2n) is 4.49. The molecule has 20 heavy (non-hydrogen) atoms. The topological polar surface area (TPSA) is 35.8 Å². The molecule has 2 rings (SSSR count). The van der Waals surface area contributed by atoms with E-state index in [1.165, 1.54) is 12.1 Å². The predicted molar refractivity (Wildman–Crippen MR) is 74.6 cm³/mol. The minimum absolute atomic E-state index is 0.0152. The van der Waals surface area contributed by atoms with Crippen LogP contribution in [0, 0.1) is 18.3 Å². The van der Waals surface area contributed by atoms with Crippen molar-refractivity contribution in [1.82, 2.24) is 0 Å². The SMILES string of the molecule is Cc1ccccc1CNc1ccc(C#N)c(C(F)F)c1. The average Bonchev–Trinajstić information content (AvgIpc) is 2.46. The maximum Gasteiger partial charge on any atom is 0.265 e. The lowest BCUT2D eigenvalue weighted by Crippen LogP contribution is -2.02. The molecule has 0 atom stereocenters. The lowest BCUT2D eigenvalue weighted by atomic mass is 10.1. The van der Waals surface area contributed by atoms with E-state index in [2.05, 4.69) is 5.32 Å². The summed E-state index contributed by atoms with van der Waals surface area (Å²) in [4.78, 5) is 0. The lowest BCUT2D eigenvalue weighted by molar-refractivity contribution is 0.151. The summed E-state index contributed by atoms with van der Waals surface area (Å²) < 4.78 is 25.7. The van der Waals surface area contributed by atoms with E-state index in [9.17, 15) is 8.78 Å². The van der Waals surface area contributed by atoms with Crippen LogP contribution in [0.15, 0.2) is 42.5 Å². The Morgan fingerprint density at radius 2 is 1.95 bits per heavy atom. The van der Waals surface area contributed by atoms with Crippen LogP contribution in [0.2, 0.25) is 0 Å². The number of halogens is 2. The van der Waals surface area contributed by atoms with Gasteiger partial charge >= 0.3 is 0 Å². The number of alkyl halides is 2. The third-order valence-electron chi connectivity index (χ3n) is 3.15. The quantitative estimate of drug-likeness (QED) is 0.894. The van der Waals surface area contributed by atoms with Crippen LogP contribution in [-0.4, -0.2) is 0 Å². The van der Waals surface area contributed by atoms with Crippen molar-refractivity contribution >= 4 is 5.69 Å². The molecule has 2 aromatic rings. The second kappa shape index (κ2) is 6.16. The minimum atomic E-state index is -2.65. The highest BCUT2D eigenvalue weighted by Crippen LogP contribution is 2.26. The Morgan fingerprint density at radius 3 is 2.60 bits per heavy atom. The van der Waals surface area contributed by atoms with Gasteiger partial charge in [0, 0.05) is 17.8 Å². The molecular formula is C16H14F2N2. The largest absolute Gasteiger partial charge is 0.381 e. The van der Waals surface area contributed by atoms with Crippen molar-refractivity contribution in [1.29, 1.82) is 5.26 Å². The fourth-order valence-electron chi connectivity index (χ4n) is 1.96. The van der Waals surface area contributed by atoms with Crippen molar-refractivity contribution in [2.24, 2.45) is 0 Å². The van der Waals surface area contributed by atoms with Gasteiger partial charge in [0.2, 0.25) is 0 Å². The minimum Gasteiger partial charge on any atom is -0.381 e. The zero-order valence-electron chi connectivity index (χ0n) is 11.0. The average molecular weight is 272 g/mol. The van der Waals surface area contributed by atoms with E-state index < -0.39 is 6.43 Å². The molecule has 0 amide bonds. The van der Waals surface area contributed by atoms with Gasteiger partial charge in [-0.2, -0.15) is 5.26 Å². The van der Waals surface area contributed by atoms with Gasteiger partial charge < -0.3 is 5.32 Å². The summed E-state index contributed by atoms with van der Waals surface area (Å²) in [6.07, 6.45) is -2.65. The Kier molecular flexibility index (Phi) is 4.31. The van der Waals surface area contributed by atoms with Gasteiger partial charge in [-0.3, -0.25) is 0 Å². The first-order valence-electron chi connectivity index (χ1n) is 6.22. The summed E-state index contributed by atoms with van der Waals surface area (Å²) in [6, 6.07) is 14.1. The Bertz CT molecular complexity index is 645. The summed E-state index contributed by atoms with van der Waals surface area (Å²) in [5.74, 6) is 0. The van der Waals surface area contributed by atoms with E-state index in [4.69, 9.17) is 5.26 Å². The fraction of sp³-hybridized carbons (Fsp3) is 0.188. The van der Waals surface area contributed by atoms with Crippen LogP contribution < -0.4 is 5.32 Å². The molecule has 0 saturated carbocycles. The Labute approximate surface area is 116 Å². The summed E-state index contributed by atoms with van der Waals surface area (Å²) in [6.45, 7) is 2.56. The number of aryl methyl sites for hydroxylation is 1. The van der Waals surface area contributed by atoms with Crippen molar-refractivity contribution in [3.05, 3.63) is 64.7 Å². The molecule has 0 saturated heterocycles. The highest BCUT2D eigenvalue weighted by atomic mass is 19.3. The number of benzene rings is 2. The predicted octanol–water partition coefficient (Wildman–Crippen LogP) is 4.42. The molecule has 102 valence electrons. The van der Waals surface area contributed by atoms with Gasteiger partial charge in [-0.25, -0.2) is 8.78 Å². The normalized spacial score (nSPS) is 10.3. The number of anilines is 1. The molecule has 0 heterocycles. The van der Waals surface area contributed by atoms with Gasteiger partial charge in [-0.1, -0.05) is 24.3 Å². The third kappa shape index (κ3) is 3.12. The Morgan fingerprint density at radius 1 is 1.20 bits per heavy atom. The van der Waals surface area contributed by atoms with Crippen LogP contribution in [0.3, 0.4) is 0 Å². The second-order valence-corrected chi connectivity index (χ2v) is 4.49. The molecule has 0 aliphatic heterocycles. The van der Waals surface area contributed by atoms with Crippen LogP contribution >= 0.6 is 0 Å². The van der Waals surface area contributed by atoms with E-state index in [0.717, 1.165) is 11.1 Å². The summed E-state index contributed by atoms with van der Waals surface area (Å²) in [5.41, 5.74) is 2.62. The van der Waals surface area contributed by atoms with Crippen LogP contribution in [-0.2, 0) is 6.54 Å². The smallest absolute Gasteiger partial charge is 0.265 e. The number of nitrogens with one attached hydrogen (secondary N) is 1. The first-order valence-corrected chi connectivity index (χ1v) is 6.22. The number of hydrogen-bond acceptors (Lipinski definition) is 2. The number of nitriles is 1. The van der Waals surface area contributed by atoms with Crippen molar-refractivity contribution < 1.29 is 8.78 Å². The first-order chi connectivity index (χ1) is 9.61. The van der Waals surface area contributed by atoms with Crippen LogP contribution in [0.1, 0.15) is 28.7 Å². The molecule has 0 bridgehead atoms. The zero-order valence-corrected chi connectivity index (χ0v) is 11.0. The van der Waals surface area contributed by atoms with E-state index in [0.29, 0.717) is 12.2 Å². The molecule has 0 aliphatic carbocycles. The van der Waals surface area contributed by atoms with Gasteiger partial charge in [0.1, 0.15) is 0 Å². The molecule has 0 unspecified atom stereocenters. The van der Waals surface area contributed by atoms with Crippen LogP contribution in [0.25, 0.3) is 0 Å². The van der Waals surface area contributed by atoms with Gasteiger partial charge in [0.25, 0.3) is 6.43 Å². The van der Waals surface area contributed by atoms with Gasteiger partial charge in [0.15, 0.2) is 0 Å². The lowest BCUT2D eigenvalue weighted by Gasteiger charge is -2.11. The molecule has 2 nitrogen and oxygen atoms in total. The van der Waals surface area contributed by atoms with Gasteiger partial charge in [-0.15, -0.1) is 0 Å². The summed E-state index contributed by atoms with van der Waals surface area (Å²) in [7, 11) is 0. The zero-order chi connectivity index (χ0) is 14.5. The van der Waals surface area contributed by atoms with Crippen LogP contribution in [0.5, 0.6) is 0 Å². The fourth-order valence-corrected chi connectivity index (χ4v) is 1.96.